The minimum absolute atomic E-state index is 0.174. The minimum Gasteiger partial charge on any atom is -0.438 e. The smallest absolute Gasteiger partial charge is 0.261 e. The highest BCUT2D eigenvalue weighted by atomic mass is 32.2. The van der Waals surface area contributed by atoms with E-state index in [-0.39, 0.29) is 11.4 Å². The van der Waals surface area contributed by atoms with Crippen LogP contribution in [0.25, 0.3) is 0 Å². The lowest BCUT2D eigenvalue weighted by Gasteiger charge is -2.12. The first-order chi connectivity index (χ1) is 13.3. The molecule has 0 aliphatic rings. The van der Waals surface area contributed by atoms with Crippen molar-refractivity contribution < 1.29 is 17.9 Å². The van der Waals surface area contributed by atoms with Crippen LogP contribution in [0, 0.1) is 6.92 Å². The number of hydrogen-bond donors (Lipinski definition) is 2. The Balaban J connectivity index is 1.83. The van der Waals surface area contributed by atoms with Gasteiger partial charge in [-0.1, -0.05) is 24.3 Å². The molecule has 144 valence electrons. The van der Waals surface area contributed by atoms with E-state index in [0.717, 1.165) is 11.8 Å². The van der Waals surface area contributed by atoms with Crippen molar-refractivity contribution in [2.75, 3.05) is 16.3 Å². The average molecular weight is 397 g/mol. The van der Waals surface area contributed by atoms with Crippen LogP contribution in [0.1, 0.15) is 15.9 Å². The van der Waals surface area contributed by atoms with E-state index >= 15 is 0 Å². The third-order valence-electron chi connectivity index (χ3n) is 3.76. The first kappa shape index (κ1) is 19.4. The van der Waals surface area contributed by atoms with Crippen molar-refractivity contribution in [3.63, 3.8) is 0 Å². The molecule has 1 heterocycles. The number of ether oxygens (including phenoxy) is 1. The molecule has 3 rings (SSSR count). The molecular formula is C20H19N3O4S. The van der Waals surface area contributed by atoms with E-state index in [0.29, 0.717) is 17.1 Å². The normalized spacial score (nSPS) is 10.9. The Morgan fingerprint density at radius 3 is 2.50 bits per heavy atom. The lowest BCUT2D eigenvalue weighted by Crippen LogP contribution is -2.15. The zero-order valence-corrected chi connectivity index (χ0v) is 16.2. The summed E-state index contributed by atoms with van der Waals surface area (Å²) in [6.45, 7) is 1.77. The summed E-state index contributed by atoms with van der Waals surface area (Å²) in [5.74, 6) is 0.311. The van der Waals surface area contributed by atoms with Gasteiger partial charge in [-0.05, 0) is 48.9 Å². The number of amides is 1. The highest BCUT2D eigenvalue weighted by Gasteiger charge is 2.15. The van der Waals surface area contributed by atoms with Gasteiger partial charge in [-0.2, -0.15) is 0 Å². The molecule has 0 bridgehead atoms. The fraction of sp³-hybridized carbons (Fsp3) is 0.100. The molecule has 1 aromatic heterocycles. The molecule has 0 aliphatic carbocycles. The van der Waals surface area contributed by atoms with Crippen LogP contribution in [0.5, 0.6) is 11.6 Å². The van der Waals surface area contributed by atoms with Gasteiger partial charge in [0.05, 0.1) is 11.9 Å². The van der Waals surface area contributed by atoms with Gasteiger partial charge in [-0.25, -0.2) is 13.4 Å². The van der Waals surface area contributed by atoms with Gasteiger partial charge in [0.1, 0.15) is 11.3 Å². The second-order valence-corrected chi connectivity index (χ2v) is 7.88. The highest BCUT2D eigenvalue weighted by molar-refractivity contribution is 7.92. The molecule has 0 fully saturated rings. The number of aromatic nitrogens is 1. The number of aryl methyl sites for hydroxylation is 1. The zero-order valence-electron chi connectivity index (χ0n) is 15.3. The summed E-state index contributed by atoms with van der Waals surface area (Å²) >= 11 is 0. The van der Waals surface area contributed by atoms with Crippen LogP contribution in [0.2, 0.25) is 0 Å². The number of carbonyl (C=O) groups excluding carboxylic acids is 1. The molecule has 0 unspecified atom stereocenters. The maximum Gasteiger partial charge on any atom is 0.261 e. The second kappa shape index (κ2) is 8.10. The molecule has 8 heteroatoms. The van der Waals surface area contributed by atoms with E-state index < -0.39 is 15.9 Å². The molecule has 0 saturated heterocycles. The predicted molar refractivity (Wildman–Crippen MR) is 108 cm³/mol. The van der Waals surface area contributed by atoms with Crippen molar-refractivity contribution in [2.45, 2.75) is 6.92 Å². The van der Waals surface area contributed by atoms with Crippen LogP contribution in [0.3, 0.4) is 0 Å². The molecule has 0 atom stereocenters. The van der Waals surface area contributed by atoms with Gasteiger partial charge in [0, 0.05) is 11.9 Å². The van der Waals surface area contributed by atoms with Gasteiger partial charge in [-0.15, -0.1) is 0 Å². The molecule has 0 spiro atoms. The average Bonchev–Trinajstić information content (AvgIpc) is 2.64. The fourth-order valence-electron chi connectivity index (χ4n) is 2.45. The topological polar surface area (TPSA) is 97.4 Å². The minimum atomic E-state index is -3.43. The Labute approximate surface area is 163 Å². The summed E-state index contributed by atoms with van der Waals surface area (Å²) in [5, 5.41) is 2.74. The third-order valence-corrected chi connectivity index (χ3v) is 4.36. The SMILES string of the molecule is Cc1ccc(NC(=O)c2cccnc2Oc2ccccc2)cc1NS(C)(=O)=O. The number of hydrogen-bond acceptors (Lipinski definition) is 5. The Morgan fingerprint density at radius 1 is 1.04 bits per heavy atom. The van der Waals surface area contributed by atoms with E-state index in [1.165, 1.54) is 6.20 Å². The molecule has 28 heavy (non-hydrogen) atoms. The summed E-state index contributed by atoms with van der Waals surface area (Å²) < 4.78 is 31.1. The lowest BCUT2D eigenvalue weighted by molar-refractivity contribution is 0.102. The first-order valence-electron chi connectivity index (χ1n) is 8.39. The lowest BCUT2D eigenvalue weighted by atomic mass is 10.1. The van der Waals surface area contributed by atoms with Gasteiger partial charge >= 0.3 is 0 Å². The molecule has 3 aromatic rings. The Bertz CT molecular complexity index is 1100. The fourth-order valence-corrected chi connectivity index (χ4v) is 3.07. The molecule has 0 radical (unpaired) electrons. The van der Waals surface area contributed by atoms with Gasteiger partial charge in [-0.3, -0.25) is 9.52 Å². The number of nitrogens with one attached hydrogen (secondary N) is 2. The Kier molecular flexibility index (Phi) is 5.60. The van der Waals surface area contributed by atoms with Crippen LogP contribution < -0.4 is 14.8 Å². The maximum atomic E-state index is 12.7. The van der Waals surface area contributed by atoms with Gasteiger partial charge < -0.3 is 10.1 Å². The van der Waals surface area contributed by atoms with Gasteiger partial charge in [0.25, 0.3) is 5.91 Å². The second-order valence-electron chi connectivity index (χ2n) is 6.13. The number of carbonyl (C=O) groups is 1. The molecule has 0 aliphatic heterocycles. The van der Waals surface area contributed by atoms with E-state index in [1.807, 2.05) is 18.2 Å². The summed E-state index contributed by atoms with van der Waals surface area (Å²) in [7, 11) is -3.43. The van der Waals surface area contributed by atoms with Crippen LogP contribution in [-0.4, -0.2) is 25.6 Å². The quantitative estimate of drug-likeness (QED) is 0.659. The molecule has 2 N–H and O–H groups in total. The number of benzene rings is 2. The standard InChI is InChI=1S/C20H19N3O4S/c1-14-10-11-15(13-18(14)23-28(2,25)26)22-19(24)17-9-6-12-21-20(17)27-16-7-4-3-5-8-16/h3-13,23H,1-2H3,(H,22,24). The summed E-state index contributed by atoms with van der Waals surface area (Å²) in [6.07, 6.45) is 2.61. The Hall–Kier alpha value is -3.39. The van der Waals surface area contributed by atoms with Crippen molar-refractivity contribution in [3.05, 3.63) is 78.0 Å². The maximum absolute atomic E-state index is 12.7. The van der Waals surface area contributed by atoms with E-state index in [4.69, 9.17) is 4.74 Å². The van der Waals surface area contributed by atoms with Crippen LogP contribution >= 0.6 is 0 Å². The summed E-state index contributed by atoms with van der Waals surface area (Å²) in [4.78, 5) is 16.9. The number of pyridine rings is 1. The zero-order chi connectivity index (χ0) is 20.1. The monoisotopic (exact) mass is 397 g/mol. The number of nitrogens with zero attached hydrogens (tertiary/aromatic N) is 1. The van der Waals surface area contributed by atoms with Crippen molar-refractivity contribution in [3.8, 4) is 11.6 Å². The largest absolute Gasteiger partial charge is 0.438 e. The summed E-state index contributed by atoms with van der Waals surface area (Å²) in [6, 6.07) is 17.2. The number of rotatable bonds is 6. The van der Waals surface area contributed by atoms with Crippen molar-refractivity contribution in [1.29, 1.82) is 0 Å². The molecular weight excluding hydrogens is 378 g/mol. The van der Waals surface area contributed by atoms with Crippen molar-refractivity contribution in [2.24, 2.45) is 0 Å². The van der Waals surface area contributed by atoms with Gasteiger partial charge in [0.15, 0.2) is 0 Å². The summed E-state index contributed by atoms with van der Waals surface area (Å²) in [5.41, 5.74) is 1.82. The molecule has 1 amide bonds. The van der Waals surface area contributed by atoms with Gasteiger partial charge in [0.2, 0.25) is 15.9 Å². The van der Waals surface area contributed by atoms with E-state index in [1.54, 1.807) is 49.4 Å². The van der Waals surface area contributed by atoms with Crippen molar-refractivity contribution >= 4 is 27.3 Å². The number of para-hydroxylation sites is 1. The van der Waals surface area contributed by atoms with Crippen LogP contribution in [0.15, 0.2) is 66.9 Å². The molecule has 2 aromatic carbocycles. The van der Waals surface area contributed by atoms with Crippen molar-refractivity contribution in [1.82, 2.24) is 4.98 Å². The third kappa shape index (κ3) is 5.08. The molecule has 0 saturated carbocycles. The van der Waals surface area contributed by atoms with E-state index in [9.17, 15) is 13.2 Å². The van der Waals surface area contributed by atoms with E-state index in [2.05, 4.69) is 15.0 Å². The van der Waals surface area contributed by atoms with Crippen LogP contribution in [-0.2, 0) is 10.0 Å². The number of anilines is 2. The predicted octanol–water partition coefficient (Wildman–Crippen LogP) is 3.81. The Morgan fingerprint density at radius 2 is 1.79 bits per heavy atom. The first-order valence-corrected chi connectivity index (χ1v) is 10.3. The number of sulfonamides is 1. The highest BCUT2D eigenvalue weighted by Crippen LogP contribution is 2.25. The molecule has 7 nitrogen and oxygen atoms in total. The van der Waals surface area contributed by atoms with Crippen LogP contribution in [0.4, 0.5) is 11.4 Å².